The molecule has 0 radical (unpaired) electrons. The lowest BCUT2D eigenvalue weighted by molar-refractivity contribution is 0.0371. The zero-order valence-corrected chi connectivity index (χ0v) is 8.28. The van der Waals surface area contributed by atoms with Crippen LogP contribution in [0, 0.1) is 0 Å². The Bertz CT molecular complexity index is 130. The van der Waals surface area contributed by atoms with E-state index in [1.165, 1.54) is 6.42 Å². The van der Waals surface area contributed by atoms with Crippen molar-refractivity contribution >= 4 is 0 Å². The van der Waals surface area contributed by atoms with Gasteiger partial charge in [0, 0.05) is 19.7 Å². The maximum Gasteiger partial charge on any atom is 0.107 e. The molecule has 0 aromatic carbocycles. The lowest BCUT2D eigenvalue weighted by Gasteiger charge is -2.19. The summed E-state index contributed by atoms with van der Waals surface area (Å²) >= 11 is 0. The summed E-state index contributed by atoms with van der Waals surface area (Å²) in [5.41, 5.74) is 0. The smallest absolute Gasteiger partial charge is 0.107 e. The van der Waals surface area contributed by atoms with E-state index in [1.54, 1.807) is 0 Å². The van der Waals surface area contributed by atoms with Crippen molar-refractivity contribution in [1.29, 1.82) is 0 Å². The summed E-state index contributed by atoms with van der Waals surface area (Å²) in [5.74, 6) is 0. The lowest BCUT2D eigenvalue weighted by Crippen LogP contribution is -2.29. The van der Waals surface area contributed by atoms with Gasteiger partial charge < -0.3 is 10.2 Å². The molecule has 1 rings (SSSR count). The van der Waals surface area contributed by atoms with Crippen LogP contribution >= 0.6 is 0 Å². The summed E-state index contributed by atoms with van der Waals surface area (Å²) in [6.45, 7) is 2.39. The second-order valence-corrected chi connectivity index (χ2v) is 3.80. The molecule has 1 unspecified atom stereocenters. The number of nitrogens with zero attached hydrogens (tertiary/aromatic N) is 1. The van der Waals surface area contributed by atoms with Gasteiger partial charge in [-0.25, -0.2) is 0 Å². The van der Waals surface area contributed by atoms with E-state index in [0.717, 1.165) is 45.2 Å². The van der Waals surface area contributed by atoms with Gasteiger partial charge in [-0.2, -0.15) is 0 Å². The second-order valence-electron chi connectivity index (χ2n) is 3.80. The zero-order valence-electron chi connectivity index (χ0n) is 8.28. The van der Waals surface area contributed by atoms with Crippen LogP contribution in [0.15, 0.2) is 0 Å². The Balaban J connectivity index is 1.93. The highest BCUT2D eigenvalue weighted by atomic mass is 16.3. The molecule has 1 atom stereocenters. The summed E-state index contributed by atoms with van der Waals surface area (Å²) in [7, 11) is 0. The van der Waals surface area contributed by atoms with Crippen molar-refractivity contribution in [2.24, 2.45) is 0 Å². The first-order valence-electron chi connectivity index (χ1n) is 5.37. The van der Waals surface area contributed by atoms with Crippen molar-refractivity contribution < 1.29 is 10.2 Å². The molecule has 1 saturated heterocycles. The third kappa shape index (κ3) is 4.07. The summed E-state index contributed by atoms with van der Waals surface area (Å²) in [6, 6.07) is 0. The molecule has 2 N–H and O–H groups in total. The fourth-order valence-corrected chi connectivity index (χ4v) is 1.85. The Kier molecular flexibility index (Phi) is 5.35. The Morgan fingerprint density at radius 3 is 2.54 bits per heavy atom. The number of hydrogen-bond acceptors (Lipinski definition) is 3. The Hall–Kier alpha value is -0.120. The van der Waals surface area contributed by atoms with E-state index in [2.05, 4.69) is 4.90 Å². The van der Waals surface area contributed by atoms with Crippen LogP contribution in [-0.2, 0) is 0 Å². The Labute approximate surface area is 80.4 Å². The molecule has 0 spiro atoms. The van der Waals surface area contributed by atoms with E-state index in [4.69, 9.17) is 5.11 Å². The van der Waals surface area contributed by atoms with Crippen LogP contribution in [0.5, 0.6) is 0 Å². The summed E-state index contributed by atoms with van der Waals surface area (Å²) < 4.78 is 0. The van der Waals surface area contributed by atoms with Crippen LogP contribution in [0.2, 0.25) is 0 Å². The van der Waals surface area contributed by atoms with Gasteiger partial charge in [0.15, 0.2) is 0 Å². The van der Waals surface area contributed by atoms with Gasteiger partial charge in [-0.05, 0) is 25.7 Å². The number of unbranched alkanes of at least 4 members (excludes halogenated alkanes) is 3. The van der Waals surface area contributed by atoms with Gasteiger partial charge in [0.1, 0.15) is 6.23 Å². The number of aliphatic hydroxyl groups excluding tert-OH is 2. The molecule has 1 fully saturated rings. The second kappa shape index (κ2) is 6.35. The van der Waals surface area contributed by atoms with Crippen LogP contribution in [0.3, 0.4) is 0 Å². The summed E-state index contributed by atoms with van der Waals surface area (Å²) in [5, 5.41) is 18.0. The molecule has 1 aliphatic heterocycles. The van der Waals surface area contributed by atoms with Crippen LogP contribution in [0.25, 0.3) is 0 Å². The van der Waals surface area contributed by atoms with Crippen molar-refractivity contribution in [3.05, 3.63) is 0 Å². The first kappa shape index (κ1) is 11.0. The normalized spacial score (nSPS) is 24.0. The molecule has 78 valence electrons. The monoisotopic (exact) mass is 187 g/mol. The minimum atomic E-state index is -0.183. The highest BCUT2D eigenvalue weighted by Gasteiger charge is 2.20. The van der Waals surface area contributed by atoms with E-state index >= 15 is 0 Å². The fraction of sp³-hybridized carbons (Fsp3) is 1.00. The van der Waals surface area contributed by atoms with Crippen LogP contribution in [-0.4, -0.2) is 41.0 Å². The van der Waals surface area contributed by atoms with Gasteiger partial charge in [0.2, 0.25) is 0 Å². The largest absolute Gasteiger partial charge is 0.396 e. The minimum absolute atomic E-state index is 0.183. The predicted molar refractivity (Wildman–Crippen MR) is 52.4 cm³/mol. The van der Waals surface area contributed by atoms with Crippen molar-refractivity contribution in [2.45, 2.75) is 44.8 Å². The van der Waals surface area contributed by atoms with Crippen molar-refractivity contribution in [3.8, 4) is 0 Å². The molecule has 0 saturated carbocycles. The molecule has 13 heavy (non-hydrogen) atoms. The molecule has 3 heteroatoms. The zero-order chi connectivity index (χ0) is 9.52. The predicted octanol–water partition coefficient (Wildman–Crippen LogP) is 0.953. The first-order valence-corrected chi connectivity index (χ1v) is 5.37. The molecule has 1 aliphatic rings. The van der Waals surface area contributed by atoms with Crippen LogP contribution < -0.4 is 0 Å². The maximum absolute atomic E-state index is 9.48. The van der Waals surface area contributed by atoms with Gasteiger partial charge in [0.25, 0.3) is 0 Å². The van der Waals surface area contributed by atoms with Crippen molar-refractivity contribution in [1.82, 2.24) is 4.90 Å². The number of hydrogen-bond donors (Lipinski definition) is 2. The minimum Gasteiger partial charge on any atom is -0.396 e. The molecular weight excluding hydrogens is 166 g/mol. The lowest BCUT2D eigenvalue weighted by atomic mass is 10.2. The summed E-state index contributed by atoms with van der Waals surface area (Å²) in [4.78, 5) is 2.15. The average Bonchev–Trinajstić information content (AvgIpc) is 2.52. The van der Waals surface area contributed by atoms with E-state index < -0.39 is 0 Å². The Morgan fingerprint density at radius 2 is 1.92 bits per heavy atom. The topological polar surface area (TPSA) is 43.7 Å². The van der Waals surface area contributed by atoms with Crippen LogP contribution in [0.1, 0.15) is 38.5 Å². The van der Waals surface area contributed by atoms with Gasteiger partial charge >= 0.3 is 0 Å². The molecule has 3 nitrogen and oxygen atoms in total. The van der Waals surface area contributed by atoms with Crippen molar-refractivity contribution in [2.75, 3.05) is 19.7 Å². The molecule has 1 heterocycles. The molecule has 0 amide bonds. The molecular formula is C10H21NO2. The Morgan fingerprint density at radius 1 is 1.15 bits per heavy atom. The maximum atomic E-state index is 9.48. The van der Waals surface area contributed by atoms with E-state index in [9.17, 15) is 5.11 Å². The van der Waals surface area contributed by atoms with Gasteiger partial charge in [-0.3, -0.25) is 4.90 Å². The SMILES string of the molecule is OCCCCCCN1CCCC1O. The number of rotatable bonds is 6. The number of aliphatic hydroxyl groups is 2. The summed E-state index contributed by atoms with van der Waals surface area (Å²) in [6.07, 6.45) is 6.25. The van der Waals surface area contributed by atoms with E-state index in [-0.39, 0.29) is 6.23 Å². The van der Waals surface area contributed by atoms with Gasteiger partial charge in [0.05, 0.1) is 0 Å². The molecule has 0 aliphatic carbocycles. The molecule has 0 aromatic rings. The highest BCUT2D eigenvalue weighted by molar-refractivity contribution is 4.69. The highest BCUT2D eigenvalue weighted by Crippen LogP contribution is 2.15. The van der Waals surface area contributed by atoms with Gasteiger partial charge in [-0.1, -0.05) is 12.8 Å². The van der Waals surface area contributed by atoms with Crippen molar-refractivity contribution in [3.63, 3.8) is 0 Å². The molecule has 0 aromatic heterocycles. The van der Waals surface area contributed by atoms with Crippen LogP contribution in [0.4, 0.5) is 0 Å². The third-order valence-corrected chi connectivity index (χ3v) is 2.68. The first-order chi connectivity index (χ1) is 6.34. The standard InChI is InChI=1S/C10H21NO2/c12-9-4-2-1-3-7-11-8-5-6-10(11)13/h10,12-13H,1-9H2. The fourth-order valence-electron chi connectivity index (χ4n) is 1.85. The third-order valence-electron chi connectivity index (χ3n) is 2.68. The van der Waals surface area contributed by atoms with E-state index in [0.29, 0.717) is 6.61 Å². The molecule has 0 bridgehead atoms. The van der Waals surface area contributed by atoms with Gasteiger partial charge in [-0.15, -0.1) is 0 Å². The van der Waals surface area contributed by atoms with E-state index in [1.807, 2.05) is 0 Å². The average molecular weight is 187 g/mol. The number of likely N-dealkylation sites (tertiary alicyclic amines) is 1. The quantitative estimate of drug-likeness (QED) is 0.609.